The van der Waals surface area contributed by atoms with E-state index in [4.69, 9.17) is 21.1 Å². The molecule has 0 aliphatic carbocycles. The summed E-state index contributed by atoms with van der Waals surface area (Å²) in [5, 5.41) is 0. The first-order valence-electron chi connectivity index (χ1n) is 5.41. The van der Waals surface area contributed by atoms with Crippen LogP contribution in [-0.2, 0) is 16.1 Å². The van der Waals surface area contributed by atoms with Gasteiger partial charge >= 0.3 is 5.97 Å². The van der Waals surface area contributed by atoms with Crippen molar-refractivity contribution in [1.82, 2.24) is 4.98 Å². The van der Waals surface area contributed by atoms with E-state index in [1.165, 1.54) is 6.92 Å². The van der Waals surface area contributed by atoms with Crippen LogP contribution in [0.1, 0.15) is 24.6 Å². The maximum Gasteiger partial charge on any atom is 0.303 e. The highest BCUT2D eigenvalue weighted by Crippen LogP contribution is 2.20. The number of aromatic nitrogens is 1. The van der Waals surface area contributed by atoms with E-state index >= 15 is 0 Å². The van der Waals surface area contributed by atoms with Crippen LogP contribution in [-0.4, -0.2) is 23.4 Å². The monoisotopic (exact) mass is 257 g/mol. The molecule has 1 heterocycles. The molecule has 94 valence electrons. The zero-order valence-electron chi connectivity index (χ0n) is 10.0. The van der Waals surface area contributed by atoms with Crippen LogP contribution in [0.2, 0.25) is 0 Å². The molecule has 4 nitrogen and oxygen atoms in total. The van der Waals surface area contributed by atoms with Crippen LogP contribution >= 0.6 is 11.6 Å². The van der Waals surface area contributed by atoms with Gasteiger partial charge in [-0.3, -0.25) is 9.78 Å². The van der Waals surface area contributed by atoms with Crippen molar-refractivity contribution in [3.8, 4) is 5.75 Å². The zero-order valence-corrected chi connectivity index (χ0v) is 10.8. The van der Waals surface area contributed by atoms with Crippen molar-refractivity contribution in [1.29, 1.82) is 0 Å². The summed E-state index contributed by atoms with van der Waals surface area (Å²) in [7, 11) is 0. The van der Waals surface area contributed by atoms with Crippen LogP contribution in [0, 0.1) is 6.92 Å². The molecule has 0 spiro atoms. The summed E-state index contributed by atoms with van der Waals surface area (Å²) < 4.78 is 10.5. The van der Waals surface area contributed by atoms with E-state index in [9.17, 15) is 4.79 Å². The lowest BCUT2D eigenvalue weighted by atomic mass is 10.2. The molecule has 0 N–H and O–H groups in total. The third-order valence-corrected chi connectivity index (χ3v) is 2.47. The van der Waals surface area contributed by atoms with E-state index < -0.39 is 0 Å². The number of hydrogen-bond donors (Lipinski definition) is 0. The van der Waals surface area contributed by atoms with E-state index in [1.54, 1.807) is 12.3 Å². The number of halogens is 1. The summed E-state index contributed by atoms with van der Waals surface area (Å²) in [5.74, 6) is 1.01. The number of ether oxygens (including phenoxy) is 2. The molecule has 5 heteroatoms. The van der Waals surface area contributed by atoms with Gasteiger partial charge in [0, 0.05) is 24.6 Å². The fourth-order valence-electron chi connectivity index (χ4n) is 1.27. The van der Waals surface area contributed by atoms with E-state index in [0.29, 0.717) is 18.2 Å². The number of alkyl halides is 1. The molecular formula is C12H16ClNO3. The van der Waals surface area contributed by atoms with Gasteiger partial charge in [-0.15, -0.1) is 11.6 Å². The van der Waals surface area contributed by atoms with Gasteiger partial charge in [0.25, 0.3) is 0 Å². The molecule has 0 radical (unpaired) electrons. The first-order valence-corrected chi connectivity index (χ1v) is 5.95. The van der Waals surface area contributed by atoms with Crippen molar-refractivity contribution in [2.24, 2.45) is 0 Å². The van der Waals surface area contributed by atoms with Crippen LogP contribution in [0.25, 0.3) is 0 Å². The first-order chi connectivity index (χ1) is 8.15. The molecule has 0 bridgehead atoms. The van der Waals surface area contributed by atoms with Crippen molar-refractivity contribution in [2.75, 3.05) is 12.5 Å². The Hall–Kier alpha value is -1.29. The number of carbonyl (C=O) groups is 1. The molecule has 0 aliphatic heterocycles. The molecule has 1 aromatic rings. The van der Waals surface area contributed by atoms with Gasteiger partial charge in [0.1, 0.15) is 12.4 Å². The van der Waals surface area contributed by atoms with Gasteiger partial charge in [0.2, 0.25) is 0 Å². The molecule has 0 unspecified atom stereocenters. The molecule has 0 fully saturated rings. The summed E-state index contributed by atoms with van der Waals surface area (Å²) in [6.45, 7) is 4.01. The number of carbonyl (C=O) groups excluding carboxylic acids is 1. The summed E-state index contributed by atoms with van der Waals surface area (Å²) >= 11 is 5.57. The van der Waals surface area contributed by atoms with E-state index in [-0.39, 0.29) is 12.6 Å². The van der Waals surface area contributed by atoms with Crippen LogP contribution in [0.5, 0.6) is 5.75 Å². The lowest BCUT2D eigenvalue weighted by Crippen LogP contribution is -2.05. The van der Waals surface area contributed by atoms with Gasteiger partial charge in [0.05, 0.1) is 12.3 Å². The fourth-order valence-corrected chi connectivity index (χ4v) is 1.38. The molecule has 1 aromatic heterocycles. The SMILES string of the molecule is CC(=O)OCc1nccc(OCCCCl)c1C. The predicted octanol–water partition coefficient (Wildman–Crippen LogP) is 2.46. The van der Waals surface area contributed by atoms with Crippen molar-refractivity contribution in [2.45, 2.75) is 26.9 Å². The molecule has 17 heavy (non-hydrogen) atoms. The van der Waals surface area contributed by atoms with Gasteiger partial charge in [-0.25, -0.2) is 0 Å². The first kappa shape index (κ1) is 13.8. The molecule has 0 saturated carbocycles. The number of nitrogens with zero attached hydrogens (tertiary/aromatic N) is 1. The predicted molar refractivity (Wildman–Crippen MR) is 65.3 cm³/mol. The molecule has 0 saturated heterocycles. The Kier molecular flexibility index (Phi) is 5.77. The molecule has 0 atom stereocenters. The maximum absolute atomic E-state index is 10.7. The van der Waals surface area contributed by atoms with Gasteiger partial charge in [-0.2, -0.15) is 0 Å². The van der Waals surface area contributed by atoms with Gasteiger partial charge < -0.3 is 9.47 Å². The molecule has 0 amide bonds. The normalized spacial score (nSPS) is 10.1. The minimum Gasteiger partial charge on any atom is -0.493 e. The van der Waals surface area contributed by atoms with Crippen molar-refractivity contribution in [3.63, 3.8) is 0 Å². The average molecular weight is 258 g/mol. The van der Waals surface area contributed by atoms with Gasteiger partial charge in [0.15, 0.2) is 0 Å². The Labute approximate surface area is 106 Å². The zero-order chi connectivity index (χ0) is 12.7. The summed E-state index contributed by atoms with van der Waals surface area (Å²) in [4.78, 5) is 14.9. The smallest absolute Gasteiger partial charge is 0.303 e. The third-order valence-electron chi connectivity index (χ3n) is 2.21. The highest BCUT2D eigenvalue weighted by Gasteiger charge is 2.07. The number of rotatable bonds is 6. The second-order valence-electron chi connectivity index (χ2n) is 3.55. The standard InChI is InChI=1S/C12H16ClNO3/c1-9-11(8-17-10(2)15)14-6-4-12(9)16-7-3-5-13/h4,6H,3,5,7-8H2,1-2H3. The minimum atomic E-state index is -0.320. The maximum atomic E-state index is 10.7. The van der Waals surface area contributed by atoms with Crippen LogP contribution in [0.15, 0.2) is 12.3 Å². The third kappa shape index (κ3) is 4.61. The second kappa shape index (κ2) is 7.12. The Bertz CT molecular complexity index is 382. The lowest BCUT2D eigenvalue weighted by Gasteiger charge is -2.11. The van der Waals surface area contributed by atoms with Crippen LogP contribution in [0.4, 0.5) is 0 Å². The fraction of sp³-hybridized carbons (Fsp3) is 0.500. The van der Waals surface area contributed by atoms with Crippen molar-refractivity contribution >= 4 is 17.6 Å². The highest BCUT2D eigenvalue weighted by molar-refractivity contribution is 6.17. The van der Waals surface area contributed by atoms with Crippen LogP contribution in [0.3, 0.4) is 0 Å². The van der Waals surface area contributed by atoms with Crippen molar-refractivity contribution in [3.05, 3.63) is 23.5 Å². The Morgan fingerprint density at radius 1 is 1.53 bits per heavy atom. The summed E-state index contributed by atoms with van der Waals surface area (Å²) in [6, 6.07) is 1.79. The number of hydrogen-bond acceptors (Lipinski definition) is 4. The lowest BCUT2D eigenvalue weighted by molar-refractivity contribution is -0.142. The Balaban J connectivity index is 2.66. The molecule has 0 aliphatic rings. The van der Waals surface area contributed by atoms with Gasteiger partial charge in [-0.05, 0) is 19.4 Å². The molecule has 1 rings (SSSR count). The number of pyridine rings is 1. The van der Waals surface area contributed by atoms with Crippen molar-refractivity contribution < 1.29 is 14.3 Å². The Morgan fingerprint density at radius 3 is 2.94 bits per heavy atom. The largest absolute Gasteiger partial charge is 0.493 e. The molecular weight excluding hydrogens is 242 g/mol. The minimum absolute atomic E-state index is 0.174. The van der Waals surface area contributed by atoms with E-state index in [1.807, 2.05) is 6.92 Å². The average Bonchev–Trinajstić information content (AvgIpc) is 2.30. The number of esters is 1. The summed E-state index contributed by atoms with van der Waals surface area (Å²) in [6.07, 6.45) is 2.43. The molecule has 0 aromatic carbocycles. The van der Waals surface area contributed by atoms with Gasteiger partial charge in [-0.1, -0.05) is 0 Å². The van der Waals surface area contributed by atoms with Crippen LogP contribution < -0.4 is 4.74 Å². The Morgan fingerprint density at radius 2 is 2.29 bits per heavy atom. The second-order valence-corrected chi connectivity index (χ2v) is 3.93. The topological polar surface area (TPSA) is 48.4 Å². The summed E-state index contributed by atoms with van der Waals surface area (Å²) in [5.41, 5.74) is 1.60. The van der Waals surface area contributed by atoms with E-state index in [2.05, 4.69) is 4.98 Å². The quantitative estimate of drug-likeness (QED) is 0.446. The van der Waals surface area contributed by atoms with E-state index in [0.717, 1.165) is 17.7 Å². The highest BCUT2D eigenvalue weighted by atomic mass is 35.5.